The lowest BCUT2D eigenvalue weighted by atomic mass is 10.1. The molecule has 8 nitrogen and oxygen atoms in total. The maximum atomic E-state index is 13.6. The highest BCUT2D eigenvalue weighted by molar-refractivity contribution is 8.00. The number of thioether (sulfide) groups is 1. The van der Waals surface area contributed by atoms with E-state index >= 15 is 0 Å². The van der Waals surface area contributed by atoms with Crippen molar-refractivity contribution in [1.29, 1.82) is 0 Å². The number of thiazole rings is 1. The van der Waals surface area contributed by atoms with Crippen molar-refractivity contribution in [3.8, 4) is 5.75 Å². The Balaban J connectivity index is 1.30. The Morgan fingerprint density at radius 2 is 1.62 bits per heavy atom. The summed E-state index contributed by atoms with van der Waals surface area (Å²) in [7, 11) is 0. The van der Waals surface area contributed by atoms with Gasteiger partial charge in [0, 0.05) is 21.5 Å². The minimum atomic E-state index is -0.496. The van der Waals surface area contributed by atoms with E-state index in [1.165, 1.54) is 23.1 Å². The number of benzene rings is 4. The molecule has 3 amide bonds. The summed E-state index contributed by atoms with van der Waals surface area (Å²) in [4.78, 5) is 44.8. The first-order valence-electron chi connectivity index (χ1n) is 15.0. The van der Waals surface area contributed by atoms with Crippen LogP contribution in [0.4, 0.5) is 10.8 Å². The van der Waals surface area contributed by atoms with Gasteiger partial charge in [0.15, 0.2) is 5.13 Å². The molecular formula is C37H34N4O4S2. The highest BCUT2D eigenvalue weighted by atomic mass is 32.2. The third-order valence-corrected chi connectivity index (χ3v) is 9.08. The van der Waals surface area contributed by atoms with Crippen LogP contribution >= 0.6 is 23.1 Å². The van der Waals surface area contributed by atoms with Gasteiger partial charge in [-0.2, -0.15) is 0 Å². The molecule has 0 aliphatic rings. The molecule has 0 radical (unpaired) electrons. The molecule has 4 aromatic carbocycles. The highest BCUT2D eigenvalue weighted by Gasteiger charge is 2.20. The van der Waals surface area contributed by atoms with Crippen molar-refractivity contribution in [3.63, 3.8) is 0 Å². The van der Waals surface area contributed by atoms with Crippen molar-refractivity contribution >= 4 is 57.7 Å². The first-order valence-corrected chi connectivity index (χ1v) is 16.8. The highest BCUT2D eigenvalue weighted by Crippen LogP contribution is 2.29. The largest absolute Gasteiger partial charge is 0.489 e. The first kappa shape index (κ1) is 33.2. The second kappa shape index (κ2) is 16.4. The van der Waals surface area contributed by atoms with E-state index in [2.05, 4.69) is 20.9 Å². The van der Waals surface area contributed by atoms with Gasteiger partial charge in [-0.3, -0.25) is 14.4 Å². The summed E-state index contributed by atoms with van der Waals surface area (Å²) >= 11 is 2.79. The Morgan fingerprint density at radius 3 is 2.30 bits per heavy atom. The topological polar surface area (TPSA) is 109 Å². The second-order valence-electron chi connectivity index (χ2n) is 10.5. The lowest BCUT2D eigenvalue weighted by Gasteiger charge is -2.15. The predicted molar refractivity (Wildman–Crippen MR) is 190 cm³/mol. The number of nitrogens with one attached hydrogen (secondary N) is 3. The number of amides is 3. The normalized spacial score (nSPS) is 11.7. The predicted octanol–water partition coefficient (Wildman–Crippen LogP) is 7.95. The van der Waals surface area contributed by atoms with Gasteiger partial charge in [-0.15, -0.1) is 23.1 Å². The van der Waals surface area contributed by atoms with Gasteiger partial charge in [0.25, 0.3) is 11.8 Å². The molecule has 0 saturated carbocycles. The Bertz CT molecular complexity index is 1840. The summed E-state index contributed by atoms with van der Waals surface area (Å²) in [5, 5.41) is 10.7. The lowest BCUT2D eigenvalue weighted by molar-refractivity contribution is -0.116. The second-order valence-corrected chi connectivity index (χ2v) is 12.6. The fraction of sp³-hybridized carbons (Fsp3) is 0.135. The summed E-state index contributed by atoms with van der Waals surface area (Å²) in [5.41, 5.74) is 3.63. The van der Waals surface area contributed by atoms with Crippen molar-refractivity contribution in [2.24, 2.45) is 0 Å². The quantitative estimate of drug-likeness (QED) is 0.0872. The number of rotatable bonds is 13. The van der Waals surface area contributed by atoms with Crippen LogP contribution in [0.25, 0.3) is 6.08 Å². The summed E-state index contributed by atoms with van der Waals surface area (Å²) in [6.45, 7) is 4.26. The molecule has 1 aromatic heterocycles. The summed E-state index contributed by atoms with van der Waals surface area (Å²) in [6.07, 6.45) is 2.22. The number of anilines is 2. The molecule has 5 rings (SSSR count). The zero-order chi connectivity index (χ0) is 33.0. The third kappa shape index (κ3) is 9.90. The minimum absolute atomic E-state index is 0.0689. The van der Waals surface area contributed by atoms with E-state index in [1.807, 2.05) is 98.1 Å². The van der Waals surface area contributed by atoms with Gasteiger partial charge in [-0.05, 0) is 73.0 Å². The van der Waals surface area contributed by atoms with Gasteiger partial charge in [0.2, 0.25) is 5.91 Å². The Kier molecular flexibility index (Phi) is 11.6. The van der Waals surface area contributed by atoms with Crippen LogP contribution in [-0.2, 0) is 16.2 Å². The van der Waals surface area contributed by atoms with Crippen LogP contribution in [0.5, 0.6) is 5.75 Å². The molecule has 1 atom stereocenters. The van der Waals surface area contributed by atoms with Gasteiger partial charge >= 0.3 is 0 Å². The zero-order valence-electron chi connectivity index (χ0n) is 25.9. The van der Waals surface area contributed by atoms with E-state index in [9.17, 15) is 14.4 Å². The van der Waals surface area contributed by atoms with Crippen LogP contribution in [-0.4, -0.2) is 28.0 Å². The van der Waals surface area contributed by atoms with Crippen molar-refractivity contribution in [2.45, 2.75) is 37.0 Å². The molecular weight excluding hydrogens is 629 g/mol. The summed E-state index contributed by atoms with van der Waals surface area (Å²) in [5.74, 6) is -0.358. The fourth-order valence-electron chi connectivity index (χ4n) is 4.44. The molecule has 0 spiro atoms. The molecule has 0 aliphatic heterocycles. The number of hydrogen-bond donors (Lipinski definition) is 3. The molecule has 0 bridgehead atoms. The lowest BCUT2D eigenvalue weighted by Crippen LogP contribution is -2.30. The van der Waals surface area contributed by atoms with Crippen LogP contribution in [0.2, 0.25) is 0 Å². The molecule has 0 saturated heterocycles. The molecule has 5 aromatic rings. The van der Waals surface area contributed by atoms with Gasteiger partial charge in [-0.25, -0.2) is 4.98 Å². The van der Waals surface area contributed by atoms with Crippen molar-refractivity contribution in [2.75, 3.05) is 10.6 Å². The molecule has 1 unspecified atom stereocenters. The van der Waals surface area contributed by atoms with E-state index in [-0.39, 0.29) is 16.9 Å². The van der Waals surface area contributed by atoms with Crippen LogP contribution in [0.3, 0.4) is 0 Å². The van der Waals surface area contributed by atoms with Crippen LogP contribution in [0, 0.1) is 6.92 Å². The van der Waals surface area contributed by atoms with Gasteiger partial charge in [-0.1, -0.05) is 73.7 Å². The summed E-state index contributed by atoms with van der Waals surface area (Å²) in [6, 6.07) is 33.1. The Morgan fingerprint density at radius 1 is 0.894 bits per heavy atom. The smallest absolute Gasteiger partial charge is 0.272 e. The Labute approximate surface area is 282 Å². The number of carbonyl (C=O) groups is 3. The van der Waals surface area contributed by atoms with Crippen LogP contribution < -0.4 is 20.7 Å². The molecule has 10 heteroatoms. The molecule has 47 heavy (non-hydrogen) atoms. The van der Waals surface area contributed by atoms with Crippen LogP contribution in [0.1, 0.15) is 40.5 Å². The number of nitrogens with zero attached hydrogens (tertiary/aromatic N) is 1. The van der Waals surface area contributed by atoms with E-state index in [1.54, 1.807) is 36.4 Å². The van der Waals surface area contributed by atoms with Crippen LogP contribution in [0.15, 0.2) is 125 Å². The summed E-state index contributed by atoms with van der Waals surface area (Å²) < 4.78 is 5.89. The SMILES string of the molecule is CCC(Sc1cccc(NC(=O)/C(=C/c2ccc(OCc3ccccc3)cc2)NC(=O)c2ccccc2)c1)C(=O)Nc1nc(C)cs1. The van der Waals surface area contributed by atoms with Crippen molar-refractivity contribution < 1.29 is 19.1 Å². The standard InChI is InChI=1S/C37H34N4O4S2/c1-3-33(36(44)41-37-38-25(2)24-46-37)47-31-16-10-15-29(22-31)39-35(43)32(40-34(42)28-13-8-5-9-14-28)21-26-17-19-30(20-18-26)45-23-27-11-6-4-7-12-27/h4-22,24,33H,3,23H2,1-2H3,(H,39,43)(H,40,42)(H,38,41,44)/b32-21-. The molecule has 3 N–H and O–H groups in total. The van der Waals surface area contributed by atoms with E-state index in [0.717, 1.165) is 16.2 Å². The third-order valence-electron chi connectivity index (χ3n) is 6.85. The average Bonchev–Trinajstić information content (AvgIpc) is 3.51. The van der Waals surface area contributed by atoms with Crippen molar-refractivity contribution in [1.82, 2.24) is 10.3 Å². The van der Waals surface area contributed by atoms with Crippen molar-refractivity contribution in [3.05, 3.63) is 143 Å². The van der Waals surface area contributed by atoms with E-state index in [4.69, 9.17) is 4.74 Å². The molecule has 0 aliphatic carbocycles. The number of aromatic nitrogens is 1. The van der Waals surface area contributed by atoms with Gasteiger partial charge in [0.1, 0.15) is 18.1 Å². The minimum Gasteiger partial charge on any atom is -0.489 e. The monoisotopic (exact) mass is 662 g/mol. The maximum Gasteiger partial charge on any atom is 0.272 e. The number of hydrogen-bond acceptors (Lipinski definition) is 7. The zero-order valence-corrected chi connectivity index (χ0v) is 27.6. The molecule has 0 fully saturated rings. The molecule has 238 valence electrons. The maximum absolute atomic E-state index is 13.6. The Hall–Kier alpha value is -5.19. The average molecular weight is 663 g/mol. The number of ether oxygens (including phenoxy) is 1. The number of carbonyl (C=O) groups excluding carboxylic acids is 3. The number of aryl methyl sites for hydroxylation is 1. The van der Waals surface area contributed by atoms with Gasteiger partial charge in [0.05, 0.1) is 10.9 Å². The molecule has 1 heterocycles. The van der Waals surface area contributed by atoms with Gasteiger partial charge < -0.3 is 20.7 Å². The fourth-order valence-corrected chi connectivity index (χ4v) is 6.14. The van der Waals surface area contributed by atoms with E-state index < -0.39 is 11.8 Å². The first-order chi connectivity index (χ1) is 22.9. The van der Waals surface area contributed by atoms with E-state index in [0.29, 0.717) is 40.7 Å².